The molecule has 0 aromatic heterocycles. The van der Waals surface area contributed by atoms with Crippen LogP contribution in [-0.4, -0.2) is 70.1 Å². The highest BCUT2D eigenvalue weighted by atomic mass is 32.1. The number of hydrogen-bond donors (Lipinski definition) is 3. The molecule has 0 N–H and O–H groups in total. The van der Waals surface area contributed by atoms with E-state index in [0.717, 1.165) is 39.3 Å². The molecule has 0 spiro atoms. The van der Waals surface area contributed by atoms with Gasteiger partial charge in [0.2, 0.25) is 0 Å². The molecule has 0 aromatic rings. The Morgan fingerprint density at radius 3 is 0.833 bits per heavy atom. The van der Waals surface area contributed by atoms with Gasteiger partial charge in [-0.25, -0.2) is 0 Å². The van der Waals surface area contributed by atoms with Gasteiger partial charge in [-0.1, -0.05) is 0 Å². The van der Waals surface area contributed by atoms with Crippen LogP contribution in [0.1, 0.15) is 20.8 Å². The second-order valence-electron chi connectivity index (χ2n) is 5.00. The summed E-state index contributed by atoms with van der Waals surface area (Å²) in [5.41, 5.74) is 0. The molecule has 1 heterocycles. The molecular weight excluding hydrogens is 282 g/mol. The highest BCUT2D eigenvalue weighted by Gasteiger charge is 2.21. The van der Waals surface area contributed by atoms with Crippen LogP contribution in [0.2, 0.25) is 0 Å². The SMILES string of the molecule is CC(S)N1CCN(C(C)S)CCN(C(C)S)CC1. The standard InChI is InChI=1S/C12H27N3S3/c1-10(16)13-4-6-14(11(2)17)8-9-15(7-5-13)12(3)18/h10-12,16-18H,4-9H2,1-3H3. The molecule has 3 nitrogen and oxygen atoms in total. The van der Waals surface area contributed by atoms with E-state index < -0.39 is 0 Å². The van der Waals surface area contributed by atoms with Gasteiger partial charge in [-0.2, -0.15) is 37.9 Å². The fraction of sp³-hybridized carbons (Fsp3) is 1.00. The Morgan fingerprint density at radius 1 is 0.556 bits per heavy atom. The van der Waals surface area contributed by atoms with Gasteiger partial charge in [0, 0.05) is 55.4 Å². The molecule has 3 unspecified atom stereocenters. The van der Waals surface area contributed by atoms with Crippen molar-refractivity contribution in [1.29, 1.82) is 0 Å². The lowest BCUT2D eigenvalue weighted by Gasteiger charge is -2.29. The summed E-state index contributed by atoms with van der Waals surface area (Å²) in [7, 11) is 0. The van der Waals surface area contributed by atoms with Crippen LogP contribution in [-0.2, 0) is 0 Å². The topological polar surface area (TPSA) is 9.72 Å². The molecule has 1 fully saturated rings. The third kappa shape index (κ3) is 5.51. The molecule has 1 aliphatic rings. The second-order valence-corrected chi connectivity index (χ2v) is 7.25. The first-order valence-electron chi connectivity index (χ1n) is 6.68. The second kappa shape index (κ2) is 8.27. The molecule has 0 amide bonds. The van der Waals surface area contributed by atoms with Crippen LogP contribution in [0.25, 0.3) is 0 Å². The zero-order chi connectivity index (χ0) is 13.7. The van der Waals surface area contributed by atoms with Crippen molar-refractivity contribution in [3.05, 3.63) is 0 Å². The third-order valence-electron chi connectivity index (χ3n) is 3.61. The van der Waals surface area contributed by atoms with Crippen LogP contribution in [0.3, 0.4) is 0 Å². The normalized spacial score (nSPS) is 27.0. The van der Waals surface area contributed by atoms with Gasteiger partial charge in [-0.3, -0.25) is 14.7 Å². The van der Waals surface area contributed by atoms with Gasteiger partial charge < -0.3 is 0 Å². The molecule has 1 aliphatic heterocycles. The maximum atomic E-state index is 4.57. The summed E-state index contributed by atoms with van der Waals surface area (Å²) in [6.45, 7) is 12.8. The average Bonchev–Trinajstić information content (AvgIpc) is 2.37. The summed E-state index contributed by atoms with van der Waals surface area (Å²) in [4.78, 5) is 7.25. The van der Waals surface area contributed by atoms with Crippen LogP contribution in [0.5, 0.6) is 0 Å². The van der Waals surface area contributed by atoms with E-state index in [1.165, 1.54) is 0 Å². The first-order valence-corrected chi connectivity index (χ1v) is 8.23. The molecule has 0 radical (unpaired) electrons. The highest BCUT2D eigenvalue weighted by molar-refractivity contribution is 7.81. The predicted octanol–water partition coefficient (Wildman–Crippen LogP) is 1.73. The van der Waals surface area contributed by atoms with Crippen molar-refractivity contribution in [2.45, 2.75) is 36.9 Å². The van der Waals surface area contributed by atoms with Crippen LogP contribution in [0.4, 0.5) is 0 Å². The van der Waals surface area contributed by atoms with Gasteiger partial charge in [0.15, 0.2) is 0 Å². The lowest BCUT2D eigenvalue weighted by Crippen LogP contribution is -2.40. The van der Waals surface area contributed by atoms with E-state index in [1.54, 1.807) is 0 Å². The molecule has 6 heteroatoms. The molecule has 0 saturated carbocycles. The van der Waals surface area contributed by atoms with Gasteiger partial charge >= 0.3 is 0 Å². The zero-order valence-corrected chi connectivity index (χ0v) is 14.3. The fourth-order valence-corrected chi connectivity index (χ4v) is 2.92. The first-order chi connectivity index (χ1) is 8.41. The summed E-state index contributed by atoms with van der Waals surface area (Å²) < 4.78 is 0. The Kier molecular flexibility index (Phi) is 7.80. The molecule has 18 heavy (non-hydrogen) atoms. The summed E-state index contributed by atoms with van der Waals surface area (Å²) >= 11 is 13.7. The van der Waals surface area contributed by atoms with Crippen molar-refractivity contribution < 1.29 is 0 Å². The summed E-state index contributed by atoms with van der Waals surface area (Å²) in [6.07, 6.45) is 0. The van der Waals surface area contributed by atoms with Crippen LogP contribution < -0.4 is 0 Å². The molecule has 108 valence electrons. The quantitative estimate of drug-likeness (QED) is 0.686. The molecule has 1 rings (SSSR count). The van der Waals surface area contributed by atoms with Crippen molar-refractivity contribution in [3.8, 4) is 0 Å². The largest absolute Gasteiger partial charge is 0.289 e. The van der Waals surface area contributed by atoms with E-state index in [0.29, 0.717) is 16.1 Å². The average molecular weight is 310 g/mol. The lowest BCUT2D eigenvalue weighted by molar-refractivity contribution is 0.212. The number of nitrogens with zero attached hydrogens (tertiary/aromatic N) is 3. The Morgan fingerprint density at radius 2 is 0.722 bits per heavy atom. The first kappa shape index (κ1) is 17.0. The van der Waals surface area contributed by atoms with Crippen LogP contribution in [0, 0.1) is 0 Å². The number of hydrogen-bond acceptors (Lipinski definition) is 6. The Bertz CT molecular complexity index is 187. The summed E-state index contributed by atoms with van der Waals surface area (Å²) in [6, 6.07) is 0. The van der Waals surface area contributed by atoms with Crippen molar-refractivity contribution in [1.82, 2.24) is 14.7 Å². The van der Waals surface area contributed by atoms with E-state index in [9.17, 15) is 0 Å². The summed E-state index contributed by atoms with van der Waals surface area (Å²) in [5.74, 6) is 0. The van der Waals surface area contributed by atoms with Crippen molar-refractivity contribution in [2.24, 2.45) is 0 Å². The maximum absolute atomic E-state index is 4.57. The van der Waals surface area contributed by atoms with E-state index in [-0.39, 0.29) is 0 Å². The molecule has 0 bridgehead atoms. The van der Waals surface area contributed by atoms with E-state index >= 15 is 0 Å². The van der Waals surface area contributed by atoms with Gasteiger partial charge in [0.05, 0.1) is 0 Å². The molecule has 3 atom stereocenters. The third-order valence-corrected chi connectivity index (χ3v) is 4.59. The fourth-order valence-electron chi connectivity index (χ4n) is 2.23. The Labute approximate surface area is 128 Å². The number of rotatable bonds is 3. The van der Waals surface area contributed by atoms with Gasteiger partial charge in [-0.15, -0.1) is 0 Å². The van der Waals surface area contributed by atoms with Crippen LogP contribution >= 0.6 is 37.9 Å². The molecular formula is C12H27N3S3. The molecule has 0 aliphatic carbocycles. The minimum Gasteiger partial charge on any atom is -0.289 e. The summed E-state index contributed by atoms with van der Waals surface area (Å²) in [5, 5.41) is 0.909. The van der Waals surface area contributed by atoms with Crippen LogP contribution in [0.15, 0.2) is 0 Å². The predicted molar refractivity (Wildman–Crippen MR) is 90.1 cm³/mol. The van der Waals surface area contributed by atoms with Gasteiger partial charge in [0.25, 0.3) is 0 Å². The molecule has 0 aromatic carbocycles. The monoisotopic (exact) mass is 309 g/mol. The Hall–Kier alpha value is 0.930. The maximum Gasteiger partial charge on any atom is 0.0500 e. The minimum absolute atomic E-state index is 0.303. The van der Waals surface area contributed by atoms with Crippen molar-refractivity contribution in [3.63, 3.8) is 0 Å². The van der Waals surface area contributed by atoms with E-state index in [2.05, 4.69) is 73.4 Å². The molecule has 1 saturated heterocycles. The van der Waals surface area contributed by atoms with Gasteiger partial charge in [-0.05, 0) is 20.8 Å². The lowest BCUT2D eigenvalue weighted by atomic mass is 10.4. The minimum atomic E-state index is 0.303. The Balaban J connectivity index is 2.68. The van der Waals surface area contributed by atoms with E-state index in [4.69, 9.17) is 0 Å². The smallest absolute Gasteiger partial charge is 0.0500 e. The van der Waals surface area contributed by atoms with Gasteiger partial charge in [0.1, 0.15) is 0 Å². The zero-order valence-electron chi connectivity index (χ0n) is 11.7. The number of thiol groups is 3. The van der Waals surface area contributed by atoms with Crippen molar-refractivity contribution >= 4 is 37.9 Å². The van der Waals surface area contributed by atoms with E-state index in [1.807, 2.05) is 0 Å². The van der Waals surface area contributed by atoms with Crippen molar-refractivity contribution in [2.75, 3.05) is 39.3 Å². The highest BCUT2D eigenvalue weighted by Crippen LogP contribution is 2.12.